The summed E-state index contributed by atoms with van der Waals surface area (Å²) in [5.74, 6) is 0.423. The van der Waals surface area contributed by atoms with Gasteiger partial charge in [0.25, 0.3) is 9.05 Å². The van der Waals surface area contributed by atoms with Crippen molar-refractivity contribution in [3.05, 3.63) is 54.6 Å². The molecule has 29 heavy (non-hydrogen) atoms. The zero-order chi connectivity index (χ0) is 28.1. The number of benzene rings is 2. The summed E-state index contributed by atoms with van der Waals surface area (Å²) in [7, 11) is -3.76. The Morgan fingerprint density at radius 1 is 0.828 bits per heavy atom. The molecule has 0 aromatic heterocycles. The monoisotopic (exact) mass is 554 g/mol. The average Bonchev–Trinajstić information content (AvgIpc) is 2.58. The molecule has 0 aliphatic rings. The lowest BCUT2D eigenvalue weighted by Crippen LogP contribution is -1.90. The number of hydrogen-bond acceptors (Lipinski definition) is 6. The minimum Gasteiger partial charge on any atom is -0.497 e. The normalized spacial score (nSPS) is 14.2. The standard InChI is InChI=1S/C7H7ClO3S.C7H8O.CHCl3.ClHO3S/c1-11-6-2-4-7(5-3-6)12(8,9)10;1-8-7-5-3-2-4-6-7;2-1(3)4;1-5(2,3)4/h2-5H,1H3;2-6H,1H3;1H;(H,2,3,4)/i2*1D3;;. The summed E-state index contributed by atoms with van der Waals surface area (Å²) in [5, 5.41) is 0. The number of halogens is 5. The lowest BCUT2D eigenvalue weighted by molar-refractivity contribution is 0.414. The molecule has 1 N–H and O–H groups in total. The number of alkyl halides is 3. The summed E-state index contributed by atoms with van der Waals surface area (Å²) in [4.78, 5) is -0.109. The van der Waals surface area contributed by atoms with E-state index in [0.29, 0.717) is 5.75 Å². The molecule has 7 nitrogen and oxygen atoms in total. The topological polar surface area (TPSA) is 107 Å². The van der Waals surface area contributed by atoms with E-state index < -0.39 is 36.8 Å². The van der Waals surface area contributed by atoms with Crippen LogP contribution in [0, 0.1) is 0 Å². The number of hydrogen-bond donors (Lipinski definition) is 1. The molecule has 2 aromatic carbocycles. The largest absolute Gasteiger partial charge is 0.497 e. The first kappa shape index (κ1) is 20.3. The Morgan fingerprint density at radius 3 is 1.48 bits per heavy atom. The van der Waals surface area contributed by atoms with Gasteiger partial charge in [0.05, 0.1) is 27.2 Å². The average molecular weight is 557 g/mol. The highest BCUT2D eigenvalue weighted by Crippen LogP contribution is 2.18. The number of rotatable bonds is 3. The molecule has 2 rings (SSSR count). The predicted molar refractivity (Wildman–Crippen MR) is 118 cm³/mol. The lowest BCUT2D eigenvalue weighted by Gasteiger charge is -1.99. The van der Waals surface area contributed by atoms with Crippen molar-refractivity contribution in [3.63, 3.8) is 0 Å². The van der Waals surface area contributed by atoms with Crippen LogP contribution < -0.4 is 9.47 Å². The molecular formula is C15H17Cl5O7S2. The molecule has 14 heteroatoms. The van der Waals surface area contributed by atoms with Crippen molar-refractivity contribution in [2.24, 2.45) is 0 Å². The van der Waals surface area contributed by atoms with Crippen molar-refractivity contribution in [3.8, 4) is 11.5 Å². The molecule has 0 bridgehead atoms. The van der Waals surface area contributed by atoms with E-state index in [1.165, 1.54) is 24.3 Å². The molecule has 2 aromatic rings. The zero-order valence-corrected chi connectivity index (χ0v) is 19.3. The van der Waals surface area contributed by atoms with Gasteiger partial charge in [-0.2, -0.15) is 8.42 Å². The zero-order valence-electron chi connectivity index (χ0n) is 19.9. The Morgan fingerprint density at radius 2 is 1.17 bits per heavy atom. The van der Waals surface area contributed by atoms with Crippen LogP contribution in [0.4, 0.5) is 0 Å². The van der Waals surface area contributed by atoms with Crippen LogP contribution in [0.15, 0.2) is 59.5 Å². The fourth-order valence-corrected chi connectivity index (χ4v) is 1.93. The third-order valence-corrected chi connectivity index (χ3v) is 3.45. The first-order valence-corrected chi connectivity index (χ1v) is 12.5. The SMILES string of the molecule is ClC(Cl)Cl.O=S(=O)(O)Cl.[2H]C([2H])([2H])Oc1ccc(S(=O)(=O)Cl)cc1.[2H]C([2H])([2H])Oc1ccccc1. The van der Waals surface area contributed by atoms with Crippen molar-refractivity contribution in [2.45, 2.75) is 9.19 Å². The number of para-hydroxylation sites is 1. The predicted octanol–water partition coefficient (Wildman–Crippen LogP) is 5.33. The molecule has 0 aliphatic carbocycles. The van der Waals surface area contributed by atoms with Crippen molar-refractivity contribution in [2.75, 3.05) is 14.1 Å². The molecule has 0 aliphatic heterocycles. The fourth-order valence-electron chi connectivity index (χ4n) is 1.16. The van der Waals surface area contributed by atoms with Crippen molar-refractivity contribution >= 4 is 74.6 Å². The van der Waals surface area contributed by atoms with E-state index in [9.17, 15) is 8.42 Å². The van der Waals surface area contributed by atoms with Crippen LogP contribution in [-0.4, -0.2) is 39.8 Å². The van der Waals surface area contributed by atoms with Crippen LogP contribution in [0.25, 0.3) is 0 Å². The summed E-state index contributed by atoms with van der Waals surface area (Å²) in [5.41, 5.74) is 0. The van der Waals surface area contributed by atoms with Crippen LogP contribution in [0.5, 0.6) is 11.5 Å². The maximum Gasteiger partial charge on any atom is 0.353 e. The number of methoxy groups -OCH3 is 2. The Bertz CT molecular complexity index is 1060. The van der Waals surface area contributed by atoms with Gasteiger partial charge in [-0.25, -0.2) is 8.42 Å². The molecule has 0 fully saturated rings. The maximum atomic E-state index is 10.8. The highest BCUT2D eigenvalue weighted by molar-refractivity contribution is 8.13. The highest BCUT2D eigenvalue weighted by atomic mass is 35.7. The van der Waals surface area contributed by atoms with Gasteiger partial charge in [0.2, 0.25) is 0 Å². The van der Waals surface area contributed by atoms with Crippen molar-refractivity contribution in [1.82, 2.24) is 0 Å². The molecule has 166 valence electrons. The van der Waals surface area contributed by atoms with Crippen molar-refractivity contribution < 1.29 is 39.1 Å². The van der Waals surface area contributed by atoms with E-state index in [1.807, 2.05) is 0 Å². The number of ether oxygens (including phenoxy) is 2. The van der Waals surface area contributed by atoms with Gasteiger partial charge in [-0.05, 0) is 36.4 Å². The van der Waals surface area contributed by atoms with Gasteiger partial charge in [0.1, 0.15) is 11.5 Å². The van der Waals surface area contributed by atoms with E-state index in [1.54, 1.807) is 30.3 Å². The van der Waals surface area contributed by atoms with Crippen LogP contribution in [0.2, 0.25) is 0 Å². The van der Waals surface area contributed by atoms with Crippen LogP contribution in [0.1, 0.15) is 8.22 Å². The smallest absolute Gasteiger partial charge is 0.353 e. The second-order valence-corrected chi connectivity index (χ2v) is 10.6. The quantitative estimate of drug-likeness (QED) is 0.309. The summed E-state index contributed by atoms with van der Waals surface area (Å²) >= 11 is 14.4. The fraction of sp³-hybridized carbons (Fsp3) is 0.200. The molecule has 0 unspecified atom stereocenters. The van der Waals surface area contributed by atoms with E-state index in [-0.39, 0.29) is 10.6 Å². The molecule has 0 saturated carbocycles. The highest BCUT2D eigenvalue weighted by Gasteiger charge is 2.08. The van der Waals surface area contributed by atoms with Gasteiger partial charge in [-0.15, -0.1) is 0 Å². The Hall–Kier alpha value is -0.650. The van der Waals surface area contributed by atoms with Crippen LogP contribution >= 0.6 is 56.2 Å². The molecule has 0 spiro atoms. The summed E-state index contributed by atoms with van der Waals surface area (Å²) in [6.45, 7) is 0. The molecule has 0 radical (unpaired) electrons. The van der Waals surface area contributed by atoms with E-state index in [4.69, 9.17) is 66.7 Å². The first-order chi connectivity index (χ1) is 15.5. The summed E-state index contributed by atoms with van der Waals surface area (Å²) < 4.78 is 96.0. The molecular weight excluding hydrogens is 534 g/mol. The third kappa shape index (κ3) is 23.5. The lowest BCUT2D eigenvalue weighted by atomic mass is 10.3. The summed E-state index contributed by atoms with van der Waals surface area (Å²) in [6, 6.07) is 13.2. The van der Waals surface area contributed by atoms with Gasteiger partial charge in [-0.1, -0.05) is 53.0 Å². The van der Waals surface area contributed by atoms with Gasteiger partial charge in [0, 0.05) is 21.4 Å². The summed E-state index contributed by atoms with van der Waals surface area (Å²) in [6.07, 6.45) is 0. The third-order valence-electron chi connectivity index (χ3n) is 2.08. The van der Waals surface area contributed by atoms with Gasteiger partial charge in [0.15, 0.2) is 4.30 Å². The Kier molecular flexibility index (Phi) is 11.2. The van der Waals surface area contributed by atoms with Gasteiger partial charge < -0.3 is 9.47 Å². The molecule has 0 saturated heterocycles. The second-order valence-electron chi connectivity index (χ2n) is 4.09. The maximum absolute atomic E-state index is 10.8. The second kappa shape index (κ2) is 16.1. The van der Waals surface area contributed by atoms with E-state index in [0.717, 1.165) is 0 Å². The Balaban J connectivity index is 0. The van der Waals surface area contributed by atoms with E-state index in [2.05, 4.69) is 20.2 Å². The van der Waals surface area contributed by atoms with Gasteiger partial charge >= 0.3 is 9.33 Å². The first-order valence-electron chi connectivity index (χ1n) is 9.57. The van der Waals surface area contributed by atoms with Crippen LogP contribution in [0.3, 0.4) is 0 Å². The van der Waals surface area contributed by atoms with Crippen molar-refractivity contribution in [1.29, 1.82) is 0 Å². The van der Waals surface area contributed by atoms with E-state index >= 15 is 0 Å². The minimum atomic E-state index is -4.19. The minimum absolute atomic E-state index is 0.0547. The molecule has 0 amide bonds. The van der Waals surface area contributed by atoms with Gasteiger partial charge in [-0.3, -0.25) is 4.55 Å². The Labute approximate surface area is 202 Å². The molecule has 0 atom stereocenters. The molecule has 0 heterocycles. The van der Waals surface area contributed by atoms with Crippen LogP contribution in [-0.2, 0) is 18.4 Å².